The van der Waals surface area contributed by atoms with Gasteiger partial charge in [-0.2, -0.15) is 0 Å². The summed E-state index contributed by atoms with van der Waals surface area (Å²) in [6.45, 7) is 0. The van der Waals surface area contributed by atoms with Crippen LogP contribution in [0, 0.1) is 0 Å². The lowest BCUT2D eigenvalue weighted by molar-refractivity contribution is -0.121. The van der Waals surface area contributed by atoms with E-state index in [0.717, 1.165) is 5.56 Å². The number of benzene rings is 1. The van der Waals surface area contributed by atoms with Gasteiger partial charge in [0.05, 0.1) is 12.0 Å². The Labute approximate surface area is 158 Å². The van der Waals surface area contributed by atoms with Gasteiger partial charge in [0.25, 0.3) is 5.91 Å². The number of hydrogen-bond acceptors (Lipinski definition) is 7. The minimum Gasteiger partial charge on any atom is -0.493 e. The van der Waals surface area contributed by atoms with Crippen molar-refractivity contribution in [1.29, 1.82) is 0 Å². The molecule has 2 aromatic rings. The van der Waals surface area contributed by atoms with Crippen LogP contribution in [0.1, 0.15) is 15.2 Å². The van der Waals surface area contributed by atoms with Gasteiger partial charge >= 0.3 is 5.97 Å². The standard InChI is InChI=1S/C17H13NO4S3/c1-18-15(19)14(25-17(18)23)9-10-5-6-11(12(8-10)21-2)22-16(20)13-4-3-7-24-13/h3-9H,1-2H3/b14-9-. The minimum atomic E-state index is -0.437. The minimum absolute atomic E-state index is 0.137. The van der Waals surface area contributed by atoms with Gasteiger partial charge < -0.3 is 9.47 Å². The van der Waals surface area contributed by atoms with Gasteiger partial charge in [-0.15, -0.1) is 11.3 Å². The fourth-order valence-electron chi connectivity index (χ4n) is 2.10. The molecule has 128 valence electrons. The largest absolute Gasteiger partial charge is 0.493 e. The lowest BCUT2D eigenvalue weighted by atomic mass is 10.2. The van der Waals surface area contributed by atoms with Gasteiger partial charge in [0.15, 0.2) is 11.5 Å². The third-order valence-electron chi connectivity index (χ3n) is 3.40. The zero-order valence-electron chi connectivity index (χ0n) is 13.3. The first-order valence-corrected chi connectivity index (χ1v) is 9.25. The molecule has 25 heavy (non-hydrogen) atoms. The lowest BCUT2D eigenvalue weighted by Crippen LogP contribution is -2.22. The molecule has 0 bridgehead atoms. The molecule has 1 aliphatic rings. The van der Waals surface area contributed by atoms with Crippen LogP contribution in [0.5, 0.6) is 11.5 Å². The number of carbonyl (C=O) groups excluding carboxylic acids is 2. The number of thioether (sulfide) groups is 1. The molecule has 1 amide bonds. The highest BCUT2D eigenvalue weighted by atomic mass is 32.2. The van der Waals surface area contributed by atoms with E-state index < -0.39 is 5.97 Å². The molecule has 0 atom stereocenters. The van der Waals surface area contributed by atoms with Gasteiger partial charge in [-0.3, -0.25) is 9.69 Å². The van der Waals surface area contributed by atoms with Crippen molar-refractivity contribution < 1.29 is 19.1 Å². The highest BCUT2D eigenvalue weighted by molar-refractivity contribution is 8.26. The maximum Gasteiger partial charge on any atom is 0.353 e. The van der Waals surface area contributed by atoms with Crippen LogP contribution in [0.15, 0.2) is 40.6 Å². The molecule has 1 saturated heterocycles. The van der Waals surface area contributed by atoms with Gasteiger partial charge in [-0.25, -0.2) is 4.79 Å². The van der Waals surface area contributed by atoms with Crippen LogP contribution < -0.4 is 9.47 Å². The number of thiophene rings is 1. The first-order chi connectivity index (χ1) is 12.0. The van der Waals surface area contributed by atoms with Crippen LogP contribution in [0.25, 0.3) is 6.08 Å². The number of ether oxygens (including phenoxy) is 2. The molecule has 1 fully saturated rings. The number of hydrogen-bond donors (Lipinski definition) is 0. The Kier molecular flexibility index (Phi) is 5.22. The summed E-state index contributed by atoms with van der Waals surface area (Å²) in [7, 11) is 3.14. The van der Waals surface area contributed by atoms with Crippen LogP contribution in [-0.2, 0) is 4.79 Å². The van der Waals surface area contributed by atoms with Crippen molar-refractivity contribution in [2.75, 3.05) is 14.2 Å². The number of nitrogens with zero attached hydrogens (tertiary/aromatic N) is 1. The molecule has 1 aliphatic heterocycles. The number of esters is 1. The molecule has 5 nitrogen and oxygen atoms in total. The number of carbonyl (C=O) groups is 2. The molecule has 0 radical (unpaired) electrons. The monoisotopic (exact) mass is 391 g/mol. The smallest absolute Gasteiger partial charge is 0.353 e. The predicted octanol–water partition coefficient (Wildman–Crippen LogP) is 3.81. The Hall–Kier alpha value is -2.16. The van der Waals surface area contributed by atoms with Gasteiger partial charge in [-0.1, -0.05) is 36.1 Å². The summed E-state index contributed by atoms with van der Waals surface area (Å²) in [6, 6.07) is 8.58. The molecule has 2 heterocycles. The molecule has 0 aliphatic carbocycles. The normalized spacial score (nSPS) is 15.8. The van der Waals surface area contributed by atoms with Crippen LogP contribution in [0.3, 0.4) is 0 Å². The maximum absolute atomic E-state index is 12.1. The quantitative estimate of drug-likeness (QED) is 0.342. The van der Waals surface area contributed by atoms with Crippen molar-refractivity contribution in [3.63, 3.8) is 0 Å². The third-order valence-corrected chi connectivity index (χ3v) is 5.73. The topological polar surface area (TPSA) is 55.8 Å². The number of amides is 1. The second kappa shape index (κ2) is 7.38. The zero-order valence-corrected chi connectivity index (χ0v) is 15.8. The van der Waals surface area contributed by atoms with E-state index in [4.69, 9.17) is 21.7 Å². The van der Waals surface area contributed by atoms with Gasteiger partial charge in [0.1, 0.15) is 9.20 Å². The molecule has 0 saturated carbocycles. The maximum atomic E-state index is 12.1. The lowest BCUT2D eigenvalue weighted by Gasteiger charge is -2.09. The molecule has 0 spiro atoms. The van der Waals surface area contributed by atoms with Crippen molar-refractivity contribution >= 4 is 57.6 Å². The first kappa shape index (κ1) is 17.7. The Morgan fingerprint density at radius 1 is 1.28 bits per heavy atom. The summed E-state index contributed by atoms with van der Waals surface area (Å²) in [5.41, 5.74) is 0.752. The van der Waals surface area contributed by atoms with E-state index in [0.29, 0.717) is 25.6 Å². The van der Waals surface area contributed by atoms with Gasteiger partial charge in [-0.05, 0) is 35.2 Å². The summed E-state index contributed by atoms with van der Waals surface area (Å²) < 4.78 is 11.2. The van der Waals surface area contributed by atoms with E-state index in [1.807, 2.05) is 0 Å². The average Bonchev–Trinajstić information content (AvgIpc) is 3.22. The number of thiocarbonyl (C=S) groups is 1. The molecule has 0 N–H and O–H groups in total. The van der Waals surface area contributed by atoms with Crippen molar-refractivity contribution in [1.82, 2.24) is 4.90 Å². The molecular weight excluding hydrogens is 378 g/mol. The second-order valence-corrected chi connectivity index (χ2v) is 7.64. The molecular formula is C17H13NO4S3. The van der Waals surface area contributed by atoms with E-state index in [9.17, 15) is 9.59 Å². The van der Waals surface area contributed by atoms with Crippen LogP contribution in [-0.4, -0.2) is 35.3 Å². The summed E-state index contributed by atoms with van der Waals surface area (Å²) in [6.07, 6.45) is 1.73. The Balaban J connectivity index is 1.84. The molecule has 8 heteroatoms. The van der Waals surface area contributed by atoms with E-state index in [-0.39, 0.29) is 5.91 Å². The predicted molar refractivity (Wildman–Crippen MR) is 103 cm³/mol. The molecule has 0 unspecified atom stereocenters. The molecule has 1 aromatic carbocycles. The summed E-state index contributed by atoms with van der Waals surface area (Å²) in [5.74, 6) is 0.154. The zero-order chi connectivity index (χ0) is 18.0. The average molecular weight is 391 g/mol. The van der Waals surface area contributed by atoms with Gasteiger partial charge in [0, 0.05) is 7.05 Å². The summed E-state index contributed by atoms with van der Waals surface area (Å²) in [4.78, 5) is 26.6. The number of likely N-dealkylation sites (N-methyl/N-ethyl adjacent to an activating group) is 1. The van der Waals surface area contributed by atoms with E-state index in [1.54, 1.807) is 48.8 Å². The number of methoxy groups -OCH3 is 1. The highest BCUT2D eigenvalue weighted by Crippen LogP contribution is 2.34. The SMILES string of the molecule is COc1cc(/C=C2\SC(=S)N(C)C2=O)ccc1OC(=O)c1cccs1. The summed E-state index contributed by atoms with van der Waals surface area (Å²) >= 11 is 7.67. The van der Waals surface area contributed by atoms with Crippen molar-refractivity contribution in [3.05, 3.63) is 51.1 Å². The Morgan fingerprint density at radius 3 is 2.68 bits per heavy atom. The highest BCUT2D eigenvalue weighted by Gasteiger charge is 2.28. The second-order valence-electron chi connectivity index (χ2n) is 5.02. The van der Waals surface area contributed by atoms with Crippen LogP contribution in [0.4, 0.5) is 0 Å². The Morgan fingerprint density at radius 2 is 2.08 bits per heavy atom. The van der Waals surface area contributed by atoms with Crippen LogP contribution >= 0.6 is 35.3 Å². The van der Waals surface area contributed by atoms with Crippen molar-refractivity contribution in [3.8, 4) is 11.5 Å². The van der Waals surface area contributed by atoms with Crippen LogP contribution in [0.2, 0.25) is 0 Å². The first-order valence-electron chi connectivity index (χ1n) is 7.15. The van der Waals surface area contributed by atoms with Crippen molar-refractivity contribution in [2.45, 2.75) is 0 Å². The fourth-order valence-corrected chi connectivity index (χ4v) is 3.88. The van der Waals surface area contributed by atoms with E-state index in [2.05, 4.69) is 0 Å². The van der Waals surface area contributed by atoms with Gasteiger partial charge in [0.2, 0.25) is 0 Å². The fraction of sp³-hybridized carbons (Fsp3) is 0.118. The third kappa shape index (κ3) is 3.76. The number of rotatable bonds is 4. The Bertz CT molecular complexity index is 874. The van der Waals surface area contributed by atoms with Crippen molar-refractivity contribution in [2.24, 2.45) is 0 Å². The molecule has 1 aromatic heterocycles. The summed E-state index contributed by atoms with van der Waals surface area (Å²) in [5, 5.41) is 1.81. The van der Waals surface area contributed by atoms with E-state index >= 15 is 0 Å². The van der Waals surface area contributed by atoms with E-state index in [1.165, 1.54) is 35.1 Å². The molecule has 3 rings (SSSR count).